The van der Waals surface area contributed by atoms with Gasteiger partial charge in [0.25, 0.3) is 0 Å². The Morgan fingerprint density at radius 3 is 2.61 bits per heavy atom. The van der Waals surface area contributed by atoms with Crippen LogP contribution in [0.4, 0.5) is 4.79 Å². The van der Waals surface area contributed by atoms with Crippen molar-refractivity contribution in [3.05, 3.63) is 0 Å². The van der Waals surface area contributed by atoms with E-state index in [9.17, 15) is 4.79 Å². The molecule has 1 N–H and O–H groups in total. The molecule has 0 aromatic heterocycles. The van der Waals surface area contributed by atoms with Crippen LogP contribution in [0, 0.1) is 0 Å². The summed E-state index contributed by atoms with van der Waals surface area (Å²) < 4.78 is 0. The Balaban J connectivity index is 2.38. The Hall–Kier alpha value is -0.770. The molecule has 0 radical (unpaired) electrons. The molecule has 4 heteroatoms. The lowest BCUT2D eigenvalue weighted by Gasteiger charge is -2.26. The lowest BCUT2D eigenvalue weighted by atomic mass is 10.2. The van der Waals surface area contributed by atoms with E-state index < -0.39 is 0 Å². The highest BCUT2D eigenvalue weighted by molar-refractivity contribution is 5.74. The number of nitrogens with zero attached hydrogens (tertiary/aromatic N) is 2. The van der Waals surface area contributed by atoms with Gasteiger partial charge in [-0.05, 0) is 32.9 Å². The molecule has 1 aliphatic heterocycles. The molecular weight excluding hydrogens is 226 g/mol. The molecule has 106 valence electrons. The molecule has 1 saturated heterocycles. The van der Waals surface area contributed by atoms with Crippen LogP contribution in [0.1, 0.15) is 47.0 Å². The lowest BCUT2D eigenvalue weighted by Crippen LogP contribution is -2.44. The van der Waals surface area contributed by atoms with E-state index in [2.05, 4.69) is 37.9 Å². The monoisotopic (exact) mass is 255 g/mol. The molecule has 0 aromatic rings. The highest BCUT2D eigenvalue weighted by Crippen LogP contribution is 2.15. The van der Waals surface area contributed by atoms with Crippen LogP contribution in [-0.4, -0.2) is 54.1 Å². The largest absolute Gasteiger partial charge is 0.336 e. The molecule has 1 aliphatic rings. The average molecular weight is 255 g/mol. The number of carbonyl (C=O) groups excluding carboxylic acids is 1. The second-order valence-electron chi connectivity index (χ2n) is 5.25. The summed E-state index contributed by atoms with van der Waals surface area (Å²) in [6.45, 7) is 12.5. The average Bonchev–Trinajstić information content (AvgIpc) is 2.80. The molecule has 4 nitrogen and oxygen atoms in total. The van der Waals surface area contributed by atoms with Crippen LogP contribution in [0.15, 0.2) is 0 Å². The molecule has 18 heavy (non-hydrogen) atoms. The molecule has 0 saturated carbocycles. The number of amides is 2. The second kappa shape index (κ2) is 7.62. The minimum absolute atomic E-state index is 0.116. The third-order valence-corrected chi connectivity index (χ3v) is 3.87. The molecule has 2 atom stereocenters. The summed E-state index contributed by atoms with van der Waals surface area (Å²) in [6, 6.07) is 0.952. The van der Waals surface area contributed by atoms with Gasteiger partial charge in [0.05, 0.1) is 0 Å². The van der Waals surface area contributed by atoms with Gasteiger partial charge >= 0.3 is 6.03 Å². The van der Waals surface area contributed by atoms with Crippen molar-refractivity contribution in [1.29, 1.82) is 0 Å². The van der Waals surface area contributed by atoms with Crippen LogP contribution in [0.2, 0.25) is 0 Å². The number of carbonyl (C=O) groups is 1. The van der Waals surface area contributed by atoms with Gasteiger partial charge in [-0.3, -0.25) is 4.90 Å². The SMILES string of the molecule is CCC[C@H](C)NC(=O)N1CC[C@H](N(CC)CC)C1. The summed E-state index contributed by atoms with van der Waals surface area (Å²) in [5.74, 6) is 0. The van der Waals surface area contributed by atoms with Crippen LogP contribution in [-0.2, 0) is 0 Å². The maximum Gasteiger partial charge on any atom is 0.317 e. The number of likely N-dealkylation sites (tertiary alicyclic amines) is 1. The summed E-state index contributed by atoms with van der Waals surface area (Å²) >= 11 is 0. The Bertz CT molecular complexity index is 253. The van der Waals surface area contributed by atoms with Crippen molar-refractivity contribution in [2.45, 2.75) is 59.0 Å². The van der Waals surface area contributed by atoms with E-state index in [0.29, 0.717) is 6.04 Å². The summed E-state index contributed by atoms with van der Waals surface area (Å²) in [6.07, 6.45) is 3.28. The number of urea groups is 1. The van der Waals surface area contributed by atoms with E-state index in [1.807, 2.05) is 4.90 Å². The maximum atomic E-state index is 12.1. The lowest BCUT2D eigenvalue weighted by molar-refractivity contribution is 0.190. The van der Waals surface area contributed by atoms with Gasteiger partial charge in [0, 0.05) is 25.2 Å². The predicted octanol–water partition coefficient (Wildman–Crippen LogP) is 2.30. The Kier molecular flexibility index (Phi) is 6.47. The van der Waals surface area contributed by atoms with Crippen molar-refractivity contribution in [3.8, 4) is 0 Å². The van der Waals surface area contributed by atoms with E-state index in [0.717, 1.165) is 45.4 Å². The fourth-order valence-corrected chi connectivity index (χ4v) is 2.77. The molecular formula is C14H29N3O. The van der Waals surface area contributed by atoms with Crippen molar-refractivity contribution in [1.82, 2.24) is 15.1 Å². The van der Waals surface area contributed by atoms with Crippen LogP contribution in [0.5, 0.6) is 0 Å². The topological polar surface area (TPSA) is 35.6 Å². The maximum absolute atomic E-state index is 12.1. The van der Waals surface area contributed by atoms with E-state index in [1.54, 1.807) is 0 Å². The highest BCUT2D eigenvalue weighted by atomic mass is 16.2. The minimum atomic E-state index is 0.116. The Labute approximate surface area is 112 Å². The van der Waals surface area contributed by atoms with Gasteiger partial charge in [0.15, 0.2) is 0 Å². The molecule has 0 aliphatic carbocycles. The summed E-state index contributed by atoms with van der Waals surface area (Å²) in [4.78, 5) is 16.5. The zero-order valence-corrected chi connectivity index (χ0v) is 12.4. The number of nitrogens with one attached hydrogen (secondary N) is 1. The summed E-state index contributed by atoms with van der Waals surface area (Å²) in [5, 5.41) is 3.09. The van der Waals surface area contributed by atoms with Gasteiger partial charge in [0.2, 0.25) is 0 Å². The Morgan fingerprint density at radius 1 is 1.39 bits per heavy atom. The third-order valence-electron chi connectivity index (χ3n) is 3.87. The van der Waals surface area contributed by atoms with Crippen molar-refractivity contribution in [2.24, 2.45) is 0 Å². The normalized spacial score (nSPS) is 21.4. The van der Waals surface area contributed by atoms with Crippen LogP contribution < -0.4 is 5.32 Å². The van der Waals surface area contributed by atoms with Crippen molar-refractivity contribution < 1.29 is 4.79 Å². The number of hydrogen-bond acceptors (Lipinski definition) is 2. The van der Waals surface area contributed by atoms with Gasteiger partial charge < -0.3 is 10.2 Å². The summed E-state index contributed by atoms with van der Waals surface area (Å²) in [7, 11) is 0. The number of hydrogen-bond donors (Lipinski definition) is 1. The van der Waals surface area contributed by atoms with Crippen molar-refractivity contribution >= 4 is 6.03 Å². The van der Waals surface area contributed by atoms with Gasteiger partial charge in [-0.15, -0.1) is 0 Å². The number of rotatable bonds is 6. The van der Waals surface area contributed by atoms with E-state index in [1.165, 1.54) is 0 Å². The fraction of sp³-hybridized carbons (Fsp3) is 0.929. The van der Waals surface area contributed by atoms with Crippen LogP contribution in [0.25, 0.3) is 0 Å². The highest BCUT2D eigenvalue weighted by Gasteiger charge is 2.29. The Morgan fingerprint density at radius 2 is 2.06 bits per heavy atom. The molecule has 1 rings (SSSR count). The van der Waals surface area contributed by atoms with Crippen LogP contribution >= 0.6 is 0 Å². The first kappa shape index (κ1) is 15.3. The molecule has 0 spiro atoms. The minimum Gasteiger partial charge on any atom is -0.336 e. The van der Waals surface area contributed by atoms with Crippen molar-refractivity contribution in [3.63, 3.8) is 0 Å². The first-order chi connectivity index (χ1) is 8.62. The number of likely N-dealkylation sites (N-methyl/N-ethyl adjacent to an activating group) is 1. The predicted molar refractivity (Wildman–Crippen MR) is 75.8 cm³/mol. The smallest absolute Gasteiger partial charge is 0.317 e. The van der Waals surface area contributed by atoms with E-state index in [-0.39, 0.29) is 12.1 Å². The summed E-state index contributed by atoms with van der Waals surface area (Å²) in [5.41, 5.74) is 0. The van der Waals surface area contributed by atoms with E-state index in [4.69, 9.17) is 0 Å². The third kappa shape index (κ3) is 4.16. The van der Waals surface area contributed by atoms with Gasteiger partial charge in [-0.2, -0.15) is 0 Å². The molecule has 1 fully saturated rings. The molecule has 0 unspecified atom stereocenters. The first-order valence-electron chi connectivity index (χ1n) is 7.41. The van der Waals surface area contributed by atoms with Gasteiger partial charge in [0.1, 0.15) is 0 Å². The first-order valence-corrected chi connectivity index (χ1v) is 7.41. The van der Waals surface area contributed by atoms with Gasteiger partial charge in [-0.1, -0.05) is 27.2 Å². The zero-order chi connectivity index (χ0) is 13.5. The zero-order valence-electron chi connectivity index (χ0n) is 12.4. The van der Waals surface area contributed by atoms with Gasteiger partial charge in [-0.25, -0.2) is 4.79 Å². The fourth-order valence-electron chi connectivity index (χ4n) is 2.77. The van der Waals surface area contributed by atoms with Crippen molar-refractivity contribution in [2.75, 3.05) is 26.2 Å². The second-order valence-corrected chi connectivity index (χ2v) is 5.25. The van der Waals surface area contributed by atoms with Crippen LogP contribution in [0.3, 0.4) is 0 Å². The molecule has 1 heterocycles. The standard InChI is InChI=1S/C14H29N3O/c1-5-8-12(4)15-14(18)17-10-9-13(11-17)16(6-2)7-3/h12-13H,5-11H2,1-4H3,(H,15,18)/t12-,13-/m0/s1. The molecule has 0 bridgehead atoms. The molecule has 0 aromatic carbocycles. The van der Waals surface area contributed by atoms with E-state index >= 15 is 0 Å². The quantitative estimate of drug-likeness (QED) is 0.790. The molecule has 2 amide bonds.